The minimum atomic E-state index is 0. The van der Waals surface area contributed by atoms with Crippen molar-refractivity contribution in [2.75, 3.05) is 0 Å². The smallest absolute Gasteiger partial charge is 0.210 e. The third-order valence-corrected chi connectivity index (χ3v) is 4.18. The molecule has 0 saturated carbocycles. The van der Waals surface area contributed by atoms with Crippen LogP contribution >= 0.6 is 0 Å². The second kappa shape index (κ2) is 9.08. The van der Waals surface area contributed by atoms with Crippen LogP contribution in [0.15, 0.2) is 36.4 Å². The topological polar surface area (TPSA) is 0 Å². The molecule has 0 radical (unpaired) electrons. The fourth-order valence-corrected chi connectivity index (χ4v) is 2.36. The van der Waals surface area contributed by atoms with Crippen molar-refractivity contribution in [1.29, 1.82) is 0 Å². The molecule has 0 amide bonds. The number of rotatable bonds is 2. The summed E-state index contributed by atoms with van der Waals surface area (Å²) in [6, 6.07) is 13.5. The monoisotopic (exact) mass is 322 g/mol. The van der Waals surface area contributed by atoms with E-state index < -0.39 is 0 Å². The molecule has 0 bridgehead atoms. The van der Waals surface area contributed by atoms with Gasteiger partial charge in [0.05, 0.1) is 0 Å². The maximum Gasteiger partial charge on any atom is 2.00 e. The first-order valence-corrected chi connectivity index (χ1v) is 8.60. The van der Waals surface area contributed by atoms with Crippen LogP contribution in [-0.4, -0.2) is 23.1 Å². The number of hydrogen-bond acceptors (Lipinski definition) is 0. The molecule has 0 unspecified atom stereocenters. The Morgan fingerprint density at radius 3 is 1.13 bits per heavy atom. The summed E-state index contributed by atoms with van der Waals surface area (Å²) < 4.78 is 0. The zero-order valence-electron chi connectivity index (χ0n) is 16.6. The van der Waals surface area contributed by atoms with Gasteiger partial charge in [0.15, 0.2) is 0 Å². The minimum Gasteiger partial charge on any atom is -0.210 e. The molecule has 0 fully saturated rings. The molecular formula is C22H34Mg. The van der Waals surface area contributed by atoms with Gasteiger partial charge in [-0.2, -0.15) is 46.5 Å². The second-order valence-corrected chi connectivity index (χ2v) is 8.22. The average Bonchev–Trinajstić information content (AvgIpc) is 3.07. The van der Waals surface area contributed by atoms with Crippen molar-refractivity contribution in [1.82, 2.24) is 0 Å². The Labute approximate surface area is 160 Å². The molecule has 124 valence electrons. The Hall–Kier alpha value is -0.534. The van der Waals surface area contributed by atoms with Crippen LogP contribution in [0.5, 0.6) is 0 Å². The van der Waals surface area contributed by atoms with E-state index in [-0.39, 0.29) is 23.1 Å². The molecule has 2 aromatic carbocycles. The summed E-state index contributed by atoms with van der Waals surface area (Å²) in [5.41, 5.74) is 6.44. The third-order valence-electron chi connectivity index (χ3n) is 4.18. The fourth-order valence-electron chi connectivity index (χ4n) is 2.36. The van der Waals surface area contributed by atoms with Gasteiger partial charge < -0.3 is 0 Å². The Morgan fingerprint density at radius 1 is 0.696 bits per heavy atom. The summed E-state index contributed by atoms with van der Waals surface area (Å²) in [4.78, 5) is 0. The van der Waals surface area contributed by atoms with Gasteiger partial charge in [-0.05, 0) is 0 Å². The van der Waals surface area contributed by atoms with Crippen LogP contribution in [0.25, 0.3) is 0 Å². The summed E-state index contributed by atoms with van der Waals surface area (Å²) in [6.07, 6.45) is 2.30. The Bertz CT molecular complexity index is 503. The molecule has 23 heavy (non-hydrogen) atoms. The largest absolute Gasteiger partial charge is 2.00 e. The Morgan fingerprint density at radius 2 is 1.00 bits per heavy atom. The maximum atomic E-state index is 2.31. The quantitative estimate of drug-likeness (QED) is 0.459. The SMILES string of the molecule is CC[c-]1ccc(C(C)(C)C)c1.CC[c-]1ccc(C(C)(C)C)c1.[Mg+2]. The summed E-state index contributed by atoms with van der Waals surface area (Å²) in [6.45, 7) is 17.9. The maximum absolute atomic E-state index is 2.31. The van der Waals surface area contributed by atoms with E-state index in [0.717, 1.165) is 12.8 Å². The normalized spacial score (nSPS) is 11.5. The van der Waals surface area contributed by atoms with E-state index in [0.29, 0.717) is 10.8 Å². The molecule has 0 spiro atoms. The summed E-state index contributed by atoms with van der Waals surface area (Å²) in [7, 11) is 0. The van der Waals surface area contributed by atoms with Crippen molar-refractivity contribution in [3.05, 3.63) is 58.7 Å². The van der Waals surface area contributed by atoms with Crippen molar-refractivity contribution >= 4 is 23.1 Å². The zero-order valence-corrected chi connectivity index (χ0v) is 18.0. The van der Waals surface area contributed by atoms with E-state index in [1.807, 2.05) is 0 Å². The molecule has 0 aromatic heterocycles. The molecule has 2 aromatic rings. The molecule has 0 N–H and O–H groups in total. The van der Waals surface area contributed by atoms with Gasteiger partial charge in [-0.3, -0.25) is 0 Å². The van der Waals surface area contributed by atoms with Crippen LogP contribution < -0.4 is 0 Å². The van der Waals surface area contributed by atoms with Crippen molar-refractivity contribution in [2.45, 2.75) is 79.1 Å². The number of hydrogen-bond donors (Lipinski definition) is 0. The molecule has 0 aliphatic carbocycles. The molecule has 0 saturated heterocycles. The second-order valence-electron chi connectivity index (χ2n) is 8.22. The molecule has 2 rings (SSSR count). The molecule has 0 aliphatic rings. The van der Waals surface area contributed by atoms with Gasteiger partial charge in [-0.25, -0.2) is 12.1 Å². The van der Waals surface area contributed by atoms with Gasteiger partial charge in [0.1, 0.15) is 0 Å². The van der Waals surface area contributed by atoms with E-state index in [1.165, 1.54) is 22.3 Å². The predicted molar refractivity (Wildman–Crippen MR) is 106 cm³/mol. The molecule has 0 aliphatic heterocycles. The van der Waals surface area contributed by atoms with Gasteiger partial charge in [0.2, 0.25) is 0 Å². The summed E-state index contributed by atoms with van der Waals surface area (Å²) in [5.74, 6) is 0. The first kappa shape index (κ1) is 22.5. The van der Waals surface area contributed by atoms with Crippen molar-refractivity contribution in [3.8, 4) is 0 Å². The molecular weight excluding hydrogens is 289 g/mol. The van der Waals surface area contributed by atoms with E-state index >= 15 is 0 Å². The van der Waals surface area contributed by atoms with E-state index in [4.69, 9.17) is 0 Å². The summed E-state index contributed by atoms with van der Waals surface area (Å²) in [5, 5.41) is 0. The Balaban J connectivity index is 0.000000403. The van der Waals surface area contributed by atoms with Crippen molar-refractivity contribution < 1.29 is 0 Å². The predicted octanol–water partition coefficient (Wildman–Crippen LogP) is 6.15. The van der Waals surface area contributed by atoms with E-state index in [9.17, 15) is 0 Å². The van der Waals surface area contributed by atoms with E-state index in [1.54, 1.807) is 0 Å². The van der Waals surface area contributed by atoms with Crippen LogP contribution in [-0.2, 0) is 23.7 Å². The molecule has 1 heteroatoms. The van der Waals surface area contributed by atoms with Gasteiger partial charge in [-0.15, -0.1) is 0 Å². The van der Waals surface area contributed by atoms with Crippen molar-refractivity contribution in [3.63, 3.8) is 0 Å². The van der Waals surface area contributed by atoms with Crippen LogP contribution in [0.4, 0.5) is 0 Å². The van der Waals surface area contributed by atoms with E-state index in [2.05, 4.69) is 91.8 Å². The van der Waals surface area contributed by atoms with Gasteiger partial charge >= 0.3 is 23.1 Å². The minimum absolute atomic E-state index is 0. The van der Waals surface area contributed by atoms with Crippen LogP contribution in [0.1, 0.15) is 77.6 Å². The molecule has 0 atom stereocenters. The van der Waals surface area contributed by atoms with Crippen molar-refractivity contribution in [2.24, 2.45) is 0 Å². The first-order valence-electron chi connectivity index (χ1n) is 8.60. The van der Waals surface area contributed by atoms with Crippen LogP contribution in [0.3, 0.4) is 0 Å². The first-order chi connectivity index (χ1) is 10.1. The zero-order chi connectivity index (χ0) is 17.0. The molecule has 0 nitrogen and oxygen atoms in total. The average molecular weight is 323 g/mol. The number of aryl methyl sites for hydroxylation is 2. The van der Waals surface area contributed by atoms with Crippen LogP contribution in [0.2, 0.25) is 0 Å². The van der Waals surface area contributed by atoms with Gasteiger partial charge in [-0.1, -0.05) is 79.1 Å². The van der Waals surface area contributed by atoms with Crippen LogP contribution in [0, 0.1) is 0 Å². The fraction of sp³-hybridized carbons (Fsp3) is 0.545. The Kier molecular flexibility index (Phi) is 8.87. The van der Waals surface area contributed by atoms with Gasteiger partial charge in [0.25, 0.3) is 0 Å². The third kappa shape index (κ3) is 7.26. The standard InChI is InChI=1S/2C11H17.Mg/c2*1-5-9-6-7-10(8-9)11(2,3)4;/h2*6-8H,5H2,1-4H3;/q2*-1;+2. The summed E-state index contributed by atoms with van der Waals surface area (Å²) >= 11 is 0. The molecule has 0 heterocycles. The van der Waals surface area contributed by atoms with Gasteiger partial charge in [0, 0.05) is 0 Å².